The maximum Gasteiger partial charge on any atom is 0.122 e. The standard InChI is InChI=1S/C10H12O.2C2H6/c1-8-7-11-10-6-4-2-3-5-9(8)10;2*1-2/h3-6,8H,2,7H2,1H3;2*1-2H3. The van der Waals surface area contributed by atoms with Crippen LogP contribution in [-0.4, -0.2) is 6.61 Å². The summed E-state index contributed by atoms with van der Waals surface area (Å²) in [7, 11) is 0. The van der Waals surface area contributed by atoms with E-state index in [2.05, 4.69) is 31.2 Å². The Labute approximate surface area is 94.5 Å². The van der Waals surface area contributed by atoms with E-state index < -0.39 is 0 Å². The van der Waals surface area contributed by atoms with Crippen molar-refractivity contribution in [1.29, 1.82) is 0 Å². The van der Waals surface area contributed by atoms with Gasteiger partial charge in [0.15, 0.2) is 0 Å². The Kier molecular flexibility index (Phi) is 7.79. The van der Waals surface area contributed by atoms with E-state index in [4.69, 9.17) is 4.74 Å². The second kappa shape index (κ2) is 8.34. The molecule has 1 atom stereocenters. The first-order valence-corrected chi connectivity index (χ1v) is 6.08. The first-order valence-electron chi connectivity index (χ1n) is 6.08. The van der Waals surface area contributed by atoms with Crippen LogP contribution in [0.15, 0.2) is 35.6 Å². The van der Waals surface area contributed by atoms with Crippen molar-refractivity contribution in [2.75, 3.05) is 6.61 Å². The summed E-state index contributed by atoms with van der Waals surface area (Å²) >= 11 is 0. The summed E-state index contributed by atoms with van der Waals surface area (Å²) in [5.74, 6) is 1.65. The monoisotopic (exact) mass is 208 g/mol. The van der Waals surface area contributed by atoms with Gasteiger partial charge in [-0.25, -0.2) is 0 Å². The highest BCUT2D eigenvalue weighted by Crippen LogP contribution is 2.28. The third kappa shape index (κ3) is 3.94. The molecule has 0 fully saturated rings. The van der Waals surface area contributed by atoms with E-state index in [0.29, 0.717) is 5.92 Å². The predicted molar refractivity (Wildman–Crippen MR) is 67.7 cm³/mol. The summed E-state index contributed by atoms with van der Waals surface area (Å²) in [6, 6.07) is 0. The first-order chi connectivity index (χ1) is 7.38. The van der Waals surface area contributed by atoms with Gasteiger partial charge in [0.05, 0.1) is 6.61 Å². The Morgan fingerprint density at radius 3 is 2.33 bits per heavy atom. The molecule has 2 rings (SSSR count). The third-order valence-corrected chi connectivity index (χ3v) is 2.14. The number of hydrogen-bond acceptors (Lipinski definition) is 1. The lowest BCUT2D eigenvalue weighted by Gasteiger charge is -1.98. The lowest BCUT2D eigenvalue weighted by molar-refractivity contribution is 0.234. The molecule has 0 saturated carbocycles. The van der Waals surface area contributed by atoms with Gasteiger partial charge in [-0.2, -0.15) is 0 Å². The second-order valence-corrected chi connectivity index (χ2v) is 3.07. The molecule has 0 radical (unpaired) electrons. The van der Waals surface area contributed by atoms with Crippen molar-refractivity contribution >= 4 is 0 Å². The number of rotatable bonds is 0. The van der Waals surface area contributed by atoms with Crippen LogP contribution < -0.4 is 0 Å². The lowest BCUT2D eigenvalue weighted by Crippen LogP contribution is -1.95. The van der Waals surface area contributed by atoms with E-state index in [-0.39, 0.29) is 0 Å². The van der Waals surface area contributed by atoms with Gasteiger partial charge >= 0.3 is 0 Å². The molecule has 15 heavy (non-hydrogen) atoms. The molecule has 0 bridgehead atoms. The average molecular weight is 208 g/mol. The smallest absolute Gasteiger partial charge is 0.122 e. The van der Waals surface area contributed by atoms with Gasteiger partial charge in [-0.05, 0) is 18.1 Å². The van der Waals surface area contributed by atoms with Crippen molar-refractivity contribution in [3.63, 3.8) is 0 Å². The van der Waals surface area contributed by atoms with Crippen molar-refractivity contribution in [1.82, 2.24) is 0 Å². The van der Waals surface area contributed by atoms with Gasteiger partial charge < -0.3 is 4.74 Å². The highest BCUT2D eigenvalue weighted by atomic mass is 16.5. The fourth-order valence-electron chi connectivity index (χ4n) is 1.47. The molecule has 0 saturated heterocycles. The van der Waals surface area contributed by atoms with Crippen molar-refractivity contribution < 1.29 is 4.74 Å². The minimum atomic E-state index is 0.573. The van der Waals surface area contributed by atoms with Crippen LogP contribution in [0.1, 0.15) is 41.0 Å². The van der Waals surface area contributed by atoms with Crippen molar-refractivity contribution in [2.24, 2.45) is 5.92 Å². The van der Waals surface area contributed by atoms with Crippen LogP contribution in [0.5, 0.6) is 0 Å². The lowest BCUT2D eigenvalue weighted by atomic mass is 10.0. The normalized spacial score (nSPS) is 21.5. The molecule has 86 valence electrons. The average Bonchev–Trinajstić information content (AvgIpc) is 2.56. The van der Waals surface area contributed by atoms with E-state index in [0.717, 1.165) is 18.8 Å². The molecule has 0 aromatic heterocycles. The Morgan fingerprint density at radius 2 is 1.67 bits per heavy atom. The topological polar surface area (TPSA) is 9.23 Å². The summed E-state index contributed by atoms with van der Waals surface area (Å²) < 4.78 is 5.49. The van der Waals surface area contributed by atoms with Crippen molar-refractivity contribution in [3.05, 3.63) is 35.6 Å². The van der Waals surface area contributed by atoms with Gasteiger partial charge in [0.25, 0.3) is 0 Å². The van der Waals surface area contributed by atoms with Crippen LogP contribution in [0.25, 0.3) is 0 Å². The number of ether oxygens (including phenoxy) is 1. The molecule has 0 spiro atoms. The van der Waals surface area contributed by atoms with Gasteiger partial charge in [-0.1, -0.05) is 52.8 Å². The largest absolute Gasteiger partial charge is 0.493 e. The summed E-state index contributed by atoms with van der Waals surface area (Å²) in [4.78, 5) is 0. The van der Waals surface area contributed by atoms with Crippen LogP contribution in [0, 0.1) is 5.92 Å². The zero-order valence-electron chi connectivity index (χ0n) is 10.7. The van der Waals surface area contributed by atoms with Crippen LogP contribution in [0.2, 0.25) is 0 Å². The minimum Gasteiger partial charge on any atom is -0.493 e. The van der Waals surface area contributed by atoms with E-state index in [9.17, 15) is 0 Å². The molecule has 1 heterocycles. The Bertz CT molecular complexity index is 246. The molecule has 1 aliphatic heterocycles. The Balaban J connectivity index is 0.000000442. The highest BCUT2D eigenvalue weighted by molar-refractivity contribution is 5.36. The summed E-state index contributed by atoms with van der Waals surface area (Å²) in [6.45, 7) is 11.0. The molecule has 0 aromatic carbocycles. The molecule has 1 nitrogen and oxygen atoms in total. The molecule has 1 aliphatic carbocycles. The zero-order chi connectivity index (χ0) is 11.7. The van der Waals surface area contributed by atoms with E-state index >= 15 is 0 Å². The van der Waals surface area contributed by atoms with E-state index in [1.54, 1.807) is 0 Å². The molecule has 1 heteroatoms. The molecular formula is C14H24O. The SMILES string of the molecule is CC.CC.CC1COC2=C1C=CCC=C2. The number of hydrogen-bond donors (Lipinski definition) is 0. The molecule has 0 N–H and O–H groups in total. The Hall–Kier alpha value is -0.980. The van der Waals surface area contributed by atoms with Gasteiger partial charge in [0, 0.05) is 5.92 Å². The van der Waals surface area contributed by atoms with Gasteiger partial charge in [0.1, 0.15) is 5.76 Å². The fraction of sp³-hybridized carbons (Fsp3) is 0.571. The maximum atomic E-state index is 5.49. The quantitative estimate of drug-likeness (QED) is 0.570. The zero-order valence-corrected chi connectivity index (χ0v) is 10.7. The highest BCUT2D eigenvalue weighted by Gasteiger charge is 2.19. The van der Waals surface area contributed by atoms with E-state index in [1.807, 2.05) is 27.7 Å². The molecular weight excluding hydrogens is 184 g/mol. The fourth-order valence-corrected chi connectivity index (χ4v) is 1.47. The first kappa shape index (κ1) is 14.0. The Morgan fingerprint density at radius 1 is 1.07 bits per heavy atom. The molecule has 1 unspecified atom stereocenters. The van der Waals surface area contributed by atoms with Crippen molar-refractivity contribution in [3.8, 4) is 0 Å². The van der Waals surface area contributed by atoms with Crippen LogP contribution in [0.4, 0.5) is 0 Å². The third-order valence-electron chi connectivity index (χ3n) is 2.14. The summed E-state index contributed by atoms with van der Waals surface area (Å²) in [5.41, 5.74) is 1.36. The minimum absolute atomic E-state index is 0.573. The van der Waals surface area contributed by atoms with Gasteiger partial charge in [-0.15, -0.1) is 0 Å². The molecule has 0 aromatic rings. The molecule has 0 amide bonds. The predicted octanol–water partition coefficient (Wildman–Crippen LogP) is 4.48. The maximum absolute atomic E-state index is 5.49. The van der Waals surface area contributed by atoms with Crippen LogP contribution in [0.3, 0.4) is 0 Å². The van der Waals surface area contributed by atoms with E-state index in [1.165, 1.54) is 5.57 Å². The summed E-state index contributed by atoms with van der Waals surface area (Å²) in [5, 5.41) is 0. The van der Waals surface area contributed by atoms with Crippen molar-refractivity contribution in [2.45, 2.75) is 41.0 Å². The van der Waals surface area contributed by atoms with Gasteiger partial charge in [0.2, 0.25) is 0 Å². The summed E-state index contributed by atoms with van der Waals surface area (Å²) in [6.07, 6.45) is 9.62. The molecule has 2 aliphatic rings. The van der Waals surface area contributed by atoms with Gasteiger partial charge in [-0.3, -0.25) is 0 Å². The van der Waals surface area contributed by atoms with Crippen LogP contribution in [-0.2, 0) is 4.74 Å². The van der Waals surface area contributed by atoms with Crippen LogP contribution >= 0.6 is 0 Å². The second-order valence-electron chi connectivity index (χ2n) is 3.07. The number of allylic oxidation sites excluding steroid dienone is 4.